The molecule has 1 aromatic carbocycles. The van der Waals surface area contributed by atoms with Crippen LogP contribution in [0.4, 0.5) is 5.69 Å². The zero-order chi connectivity index (χ0) is 12.6. The van der Waals surface area contributed by atoms with Crippen molar-refractivity contribution < 1.29 is 6.22 Å². The first-order chi connectivity index (χ1) is 7.74. The van der Waals surface area contributed by atoms with Crippen LogP contribution in [0.2, 0.25) is 0 Å². The smallest absolute Gasteiger partial charge is 0.251 e. The number of nitrogens with one attached hydrogen (secondary N) is 1. The van der Waals surface area contributed by atoms with Gasteiger partial charge in [-0.1, -0.05) is 32.6 Å². The zero-order valence-electron chi connectivity index (χ0n) is 10.1. The molecule has 0 saturated carbocycles. The molecule has 1 aromatic rings. The summed E-state index contributed by atoms with van der Waals surface area (Å²) in [5, 5.41) is 2.56. The van der Waals surface area contributed by atoms with Crippen LogP contribution in [0, 0.1) is 0 Å². The summed E-state index contributed by atoms with van der Waals surface area (Å²) in [6.07, 6.45) is 1.61. The van der Waals surface area contributed by atoms with E-state index in [0.29, 0.717) is 16.8 Å². The molecule has 0 aliphatic heterocycles. The van der Waals surface area contributed by atoms with E-state index in [9.17, 15) is 4.79 Å². The van der Waals surface area contributed by atoms with Crippen LogP contribution in [0.1, 0.15) is 31.2 Å². The van der Waals surface area contributed by atoms with E-state index in [1.807, 2.05) is 13.8 Å². The Kier molecular flexibility index (Phi) is 6.52. The fourth-order valence-corrected chi connectivity index (χ4v) is 1.24. The van der Waals surface area contributed by atoms with Crippen molar-refractivity contribution in [3.8, 4) is 0 Å². The summed E-state index contributed by atoms with van der Waals surface area (Å²) in [4.78, 5) is 15.3. The van der Waals surface area contributed by atoms with E-state index in [4.69, 9.17) is 0 Å². The second-order valence-corrected chi connectivity index (χ2v) is 2.68. The van der Waals surface area contributed by atoms with Gasteiger partial charge < -0.3 is 5.32 Å². The Morgan fingerprint density at radius 1 is 1.50 bits per heavy atom. The number of hydrogen-bond donors (Lipinski definition) is 1. The van der Waals surface area contributed by atoms with Crippen LogP contribution in [0.5, 0.6) is 0 Å². The number of nitrogens with zero attached hydrogens (tertiary/aromatic N) is 1. The molecule has 0 atom stereocenters. The Hall–Kier alpha value is -1.90. The minimum atomic E-state index is -0.148. The SMILES string of the molecule is C=Cc1c(N=C)cccc1C(=O)NC.CC.[HH]. The average Bonchev–Trinajstić information content (AvgIpc) is 2.38. The Balaban J connectivity index is 0. The molecule has 1 N–H and O–H groups in total. The molecule has 0 radical (unpaired) electrons. The lowest BCUT2D eigenvalue weighted by molar-refractivity contribution is 0.0963. The highest BCUT2D eigenvalue weighted by Gasteiger charge is 2.09. The van der Waals surface area contributed by atoms with Crippen molar-refractivity contribution in [3.05, 3.63) is 35.9 Å². The number of carbonyl (C=O) groups excluding carboxylic acids is 1. The highest BCUT2D eigenvalue weighted by molar-refractivity contribution is 5.99. The highest BCUT2D eigenvalue weighted by atomic mass is 16.1. The summed E-state index contributed by atoms with van der Waals surface area (Å²) in [6.45, 7) is 11.1. The van der Waals surface area contributed by atoms with Crippen molar-refractivity contribution in [2.24, 2.45) is 4.99 Å². The molecular weight excluding hydrogens is 200 g/mol. The monoisotopic (exact) mass is 220 g/mol. The fourth-order valence-electron chi connectivity index (χ4n) is 1.24. The minimum Gasteiger partial charge on any atom is -0.355 e. The van der Waals surface area contributed by atoms with E-state index in [-0.39, 0.29) is 7.33 Å². The molecule has 16 heavy (non-hydrogen) atoms. The van der Waals surface area contributed by atoms with Gasteiger partial charge in [0.05, 0.1) is 5.69 Å². The van der Waals surface area contributed by atoms with Crippen LogP contribution in [-0.4, -0.2) is 19.7 Å². The zero-order valence-corrected chi connectivity index (χ0v) is 10.1. The van der Waals surface area contributed by atoms with Crippen molar-refractivity contribution in [2.45, 2.75) is 13.8 Å². The van der Waals surface area contributed by atoms with Gasteiger partial charge in [-0.15, -0.1) is 0 Å². The maximum Gasteiger partial charge on any atom is 0.251 e. The van der Waals surface area contributed by atoms with Crippen LogP contribution in [0.15, 0.2) is 29.8 Å². The van der Waals surface area contributed by atoms with E-state index in [2.05, 4.69) is 23.6 Å². The molecule has 0 aliphatic carbocycles. The topological polar surface area (TPSA) is 41.5 Å². The molecule has 0 saturated heterocycles. The minimum absolute atomic E-state index is 0. The molecule has 0 bridgehead atoms. The quantitative estimate of drug-likeness (QED) is 0.780. The maximum atomic E-state index is 11.4. The number of aliphatic imine (C=N–C) groups is 1. The Bertz CT molecular complexity index is 389. The normalized spacial score (nSPS) is 8.44. The molecule has 0 aromatic heterocycles. The number of benzene rings is 1. The first-order valence-corrected chi connectivity index (χ1v) is 5.18. The Labute approximate surface area is 98.4 Å². The first kappa shape index (κ1) is 14.1. The fraction of sp³-hybridized carbons (Fsp3) is 0.231. The van der Waals surface area contributed by atoms with E-state index < -0.39 is 0 Å². The largest absolute Gasteiger partial charge is 0.355 e. The van der Waals surface area contributed by atoms with Gasteiger partial charge in [0.1, 0.15) is 0 Å². The van der Waals surface area contributed by atoms with Crippen molar-refractivity contribution in [1.82, 2.24) is 5.32 Å². The third-order valence-corrected chi connectivity index (χ3v) is 1.93. The Morgan fingerprint density at radius 3 is 2.56 bits per heavy atom. The molecule has 3 heteroatoms. The van der Waals surface area contributed by atoms with Crippen LogP contribution < -0.4 is 5.32 Å². The molecular formula is C13H20N2O. The number of hydrogen-bond acceptors (Lipinski definition) is 2. The summed E-state index contributed by atoms with van der Waals surface area (Å²) in [6, 6.07) is 5.28. The summed E-state index contributed by atoms with van der Waals surface area (Å²) in [5.74, 6) is -0.148. The molecule has 0 fully saturated rings. The van der Waals surface area contributed by atoms with E-state index >= 15 is 0 Å². The first-order valence-electron chi connectivity index (χ1n) is 5.18. The number of rotatable bonds is 3. The van der Waals surface area contributed by atoms with Crippen LogP contribution in [-0.2, 0) is 0 Å². The molecule has 1 amide bonds. The molecule has 0 spiro atoms. The second kappa shape index (κ2) is 7.40. The predicted octanol–water partition coefficient (Wildman–Crippen LogP) is 3.29. The van der Waals surface area contributed by atoms with Crippen LogP contribution in [0.25, 0.3) is 6.08 Å². The van der Waals surface area contributed by atoms with Gasteiger partial charge in [-0.2, -0.15) is 0 Å². The number of carbonyl (C=O) groups is 1. The highest BCUT2D eigenvalue weighted by Crippen LogP contribution is 2.23. The molecule has 1 rings (SSSR count). The third kappa shape index (κ3) is 3.05. The van der Waals surface area contributed by atoms with Gasteiger partial charge in [0, 0.05) is 19.6 Å². The summed E-state index contributed by atoms with van der Waals surface area (Å²) < 4.78 is 0. The standard InChI is InChI=1S/C11H12N2O.C2H6.H2/c1-4-8-9(11(14)13-3)6-5-7-10(8)12-2;1-2;/h4-7H,1-2H2,3H3,(H,13,14);1-2H3;1H. The van der Waals surface area contributed by atoms with Crippen molar-refractivity contribution >= 4 is 24.4 Å². The van der Waals surface area contributed by atoms with E-state index in [0.717, 1.165) is 0 Å². The molecule has 3 nitrogen and oxygen atoms in total. The van der Waals surface area contributed by atoms with Gasteiger partial charge >= 0.3 is 0 Å². The van der Waals surface area contributed by atoms with Gasteiger partial charge in [-0.05, 0) is 18.9 Å². The Morgan fingerprint density at radius 2 is 2.12 bits per heavy atom. The van der Waals surface area contributed by atoms with Gasteiger partial charge in [-0.3, -0.25) is 9.79 Å². The van der Waals surface area contributed by atoms with Gasteiger partial charge in [-0.25, -0.2) is 0 Å². The lowest BCUT2D eigenvalue weighted by atomic mass is 10.0. The molecule has 0 aliphatic rings. The van der Waals surface area contributed by atoms with Crippen LogP contribution in [0.3, 0.4) is 0 Å². The summed E-state index contributed by atoms with van der Waals surface area (Å²) >= 11 is 0. The average molecular weight is 220 g/mol. The van der Waals surface area contributed by atoms with Crippen LogP contribution >= 0.6 is 0 Å². The van der Waals surface area contributed by atoms with Crippen molar-refractivity contribution in [3.63, 3.8) is 0 Å². The molecule has 88 valence electrons. The molecule has 0 heterocycles. The lowest BCUT2D eigenvalue weighted by Gasteiger charge is -2.06. The summed E-state index contributed by atoms with van der Waals surface area (Å²) in [5.41, 5.74) is 1.94. The maximum absolute atomic E-state index is 11.4. The van der Waals surface area contributed by atoms with Crippen molar-refractivity contribution in [2.75, 3.05) is 7.05 Å². The number of amides is 1. The third-order valence-electron chi connectivity index (χ3n) is 1.93. The lowest BCUT2D eigenvalue weighted by Crippen LogP contribution is -2.18. The predicted molar refractivity (Wildman–Crippen MR) is 72.6 cm³/mol. The summed E-state index contributed by atoms with van der Waals surface area (Å²) in [7, 11) is 1.59. The van der Waals surface area contributed by atoms with E-state index in [1.165, 1.54) is 0 Å². The van der Waals surface area contributed by atoms with Gasteiger partial charge in [0.25, 0.3) is 5.91 Å². The van der Waals surface area contributed by atoms with E-state index in [1.54, 1.807) is 31.3 Å². The second-order valence-electron chi connectivity index (χ2n) is 2.68. The van der Waals surface area contributed by atoms with Gasteiger partial charge in [0.15, 0.2) is 0 Å². The van der Waals surface area contributed by atoms with Gasteiger partial charge in [0.2, 0.25) is 0 Å². The van der Waals surface area contributed by atoms with Crippen molar-refractivity contribution in [1.29, 1.82) is 0 Å². The molecule has 0 unspecified atom stereocenters.